The molecule has 12 heavy (non-hydrogen) atoms. The number of alkyl halides is 1. The van der Waals surface area contributed by atoms with Gasteiger partial charge in [0.1, 0.15) is 0 Å². The van der Waals surface area contributed by atoms with E-state index in [1.807, 2.05) is 30.3 Å². The number of thiocarbonyl (C=S) groups is 1. The van der Waals surface area contributed by atoms with Gasteiger partial charge in [0.15, 0.2) is 5.56 Å². The lowest BCUT2D eigenvalue weighted by molar-refractivity contribution is 0.320. The summed E-state index contributed by atoms with van der Waals surface area (Å²) in [5, 5.41) is 8.91. The zero-order valence-corrected chi connectivity index (χ0v) is 7.98. The second-order valence-electron chi connectivity index (χ2n) is 2.46. The summed E-state index contributed by atoms with van der Waals surface area (Å²) >= 11 is 10.3. The molecule has 0 aliphatic carbocycles. The maximum atomic E-state index is 8.91. The van der Waals surface area contributed by atoms with Gasteiger partial charge in [-0.2, -0.15) is 0 Å². The van der Waals surface area contributed by atoms with Crippen LogP contribution in [0, 0.1) is 0 Å². The van der Waals surface area contributed by atoms with Gasteiger partial charge in [-0.15, -0.1) is 0 Å². The molecule has 1 aromatic carbocycles. The topological polar surface area (TPSA) is 20.2 Å². The fraction of sp³-hybridized carbons (Fsp3) is 0.222. The van der Waals surface area contributed by atoms with Crippen molar-refractivity contribution in [3.05, 3.63) is 35.9 Å². The van der Waals surface area contributed by atoms with Crippen LogP contribution in [0.3, 0.4) is 0 Å². The van der Waals surface area contributed by atoms with E-state index in [9.17, 15) is 0 Å². The minimum atomic E-state index is -1.01. The van der Waals surface area contributed by atoms with Crippen molar-refractivity contribution in [2.45, 2.75) is 12.0 Å². The van der Waals surface area contributed by atoms with Crippen molar-refractivity contribution in [2.24, 2.45) is 0 Å². The highest BCUT2D eigenvalue weighted by atomic mass is 35.5. The van der Waals surface area contributed by atoms with Crippen LogP contribution in [0.5, 0.6) is 0 Å². The molecule has 1 rings (SSSR count). The van der Waals surface area contributed by atoms with Crippen LogP contribution in [0.15, 0.2) is 30.3 Å². The van der Waals surface area contributed by atoms with Crippen molar-refractivity contribution in [3.63, 3.8) is 0 Å². The van der Waals surface area contributed by atoms with E-state index in [-0.39, 0.29) is 0 Å². The van der Waals surface area contributed by atoms with Crippen molar-refractivity contribution in [2.75, 3.05) is 0 Å². The van der Waals surface area contributed by atoms with E-state index in [0.717, 1.165) is 5.56 Å². The molecule has 0 spiro atoms. The van der Waals surface area contributed by atoms with Crippen LogP contribution < -0.4 is 0 Å². The Bertz CT molecular complexity index is 258. The summed E-state index contributed by atoms with van der Waals surface area (Å²) in [5.74, 6) is 0. The molecule has 0 amide bonds. The number of aliphatic hydroxyl groups is 1. The van der Waals surface area contributed by atoms with Gasteiger partial charge in [-0.1, -0.05) is 54.2 Å². The number of halogens is 1. The smallest absolute Gasteiger partial charge is 0.159 e. The lowest BCUT2D eigenvalue weighted by atomic mass is 10.1. The molecule has 0 aromatic heterocycles. The van der Waals surface area contributed by atoms with Crippen LogP contribution in [0.2, 0.25) is 0 Å². The Morgan fingerprint density at radius 1 is 1.42 bits per heavy atom. The Balaban J connectivity index is 2.59. The lowest BCUT2D eigenvalue weighted by Crippen LogP contribution is -2.13. The molecular weight excluding hydrogens is 192 g/mol. The summed E-state index contributed by atoms with van der Waals surface area (Å²) in [6, 6.07) is 9.69. The van der Waals surface area contributed by atoms with Gasteiger partial charge in [-0.05, 0) is 5.56 Å². The number of aliphatic hydroxyl groups excluding tert-OH is 1. The third kappa shape index (κ3) is 2.89. The molecule has 1 nitrogen and oxygen atoms in total. The van der Waals surface area contributed by atoms with E-state index in [1.54, 1.807) is 0 Å². The summed E-state index contributed by atoms with van der Waals surface area (Å²) < 4.78 is 0. The van der Waals surface area contributed by atoms with Crippen LogP contribution in [0.25, 0.3) is 0 Å². The van der Waals surface area contributed by atoms with Gasteiger partial charge in [-0.25, -0.2) is 0 Å². The maximum absolute atomic E-state index is 8.91. The summed E-state index contributed by atoms with van der Waals surface area (Å²) in [4.78, 5) is 0.461. The lowest BCUT2D eigenvalue weighted by Gasteiger charge is -2.03. The zero-order chi connectivity index (χ0) is 8.97. The van der Waals surface area contributed by atoms with Gasteiger partial charge < -0.3 is 5.11 Å². The Morgan fingerprint density at radius 3 is 2.50 bits per heavy atom. The third-order valence-corrected chi connectivity index (χ3v) is 2.25. The minimum absolute atomic E-state index is 0.461. The molecule has 0 heterocycles. The molecule has 0 radical (unpaired) electrons. The van der Waals surface area contributed by atoms with Crippen LogP contribution in [0.1, 0.15) is 5.56 Å². The first-order valence-corrected chi connectivity index (χ1v) is 4.43. The van der Waals surface area contributed by atoms with Gasteiger partial charge in [0.2, 0.25) is 0 Å². The molecule has 0 fully saturated rings. The maximum Gasteiger partial charge on any atom is 0.159 e. The van der Waals surface area contributed by atoms with E-state index in [4.69, 9.17) is 28.9 Å². The quantitative estimate of drug-likeness (QED) is 0.596. The van der Waals surface area contributed by atoms with Crippen molar-refractivity contribution in [1.82, 2.24) is 0 Å². The number of hydrogen-bond acceptors (Lipinski definition) is 2. The predicted octanol–water partition coefficient (Wildman–Crippen LogP) is 2.16. The molecule has 0 saturated carbocycles. The predicted molar refractivity (Wildman–Crippen MR) is 54.6 cm³/mol. The van der Waals surface area contributed by atoms with Gasteiger partial charge in [0, 0.05) is 11.3 Å². The van der Waals surface area contributed by atoms with Crippen molar-refractivity contribution in [1.29, 1.82) is 0 Å². The first-order chi connectivity index (χ1) is 5.70. The van der Waals surface area contributed by atoms with Crippen molar-refractivity contribution < 1.29 is 5.11 Å². The Labute approximate surface area is 82.0 Å². The molecule has 3 heteroatoms. The highest BCUT2D eigenvalue weighted by Gasteiger charge is 2.06. The zero-order valence-electron chi connectivity index (χ0n) is 6.40. The van der Waals surface area contributed by atoms with Crippen molar-refractivity contribution >= 4 is 28.7 Å². The molecular formula is C9H9ClOS. The van der Waals surface area contributed by atoms with Gasteiger partial charge in [0.25, 0.3) is 0 Å². The molecule has 1 aromatic rings. The van der Waals surface area contributed by atoms with Crippen LogP contribution >= 0.6 is 23.8 Å². The van der Waals surface area contributed by atoms with Gasteiger partial charge >= 0.3 is 0 Å². The molecule has 0 saturated heterocycles. The van der Waals surface area contributed by atoms with E-state index < -0.39 is 5.56 Å². The van der Waals surface area contributed by atoms with E-state index in [0.29, 0.717) is 11.3 Å². The summed E-state index contributed by atoms with van der Waals surface area (Å²) in [5.41, 5.74) is 0.0578. The number of rotatable bonds is 3. The molecule has 0 bridgehead atoms. The molecule has 1 unspecified atom stereocenters. The fourth-order valence-electron chi connectivity index (χ4n) is 0.881. The van der Waals surface area contributed by atoms with Crippen LogP contribution in [-0.2, 0) is 6.42 Å². The first-order valence-electron chi connectivity index (χ1n) is 3.59. The van der Waals surface area contributed by atoms with E-state index >= 15 is 0 Å². The Hall–Kier alpha value is -0.440. The molecule has 64 valence electrons. The fourth-order valence-corrected chi connectivity index (χ4v) is 1.13. The largest absolute Gasteiger partial charge is 0.373 e. The SMILES string of the molecule is OC(Cl)C(=S)Cc1ccccc1. The normalized spacial score (nSPS) is 12.5. The average Bonchev–Trinajstić information content (AvgIpc) is 2.06. The average molecular weight is 201 g/mol. The molecule has 0 aliphatic heterocycles. The highest BCUT2D eigenvalue weighted by Crippen LogP contribution is 2.05. The summed E-state index contributed by atoms with van der Waals surface area (Å²) in [6.45, 7) is 0. The summed E-state index contributed by atoms with van der Waals surface area (Å²) in [6.07, 6.45) is 0.556. The Morgan fingerprint density at radius 2 is 2.00 bits per heavy atom. The van der Waals surface area contributed by atoms with E-state index in [2.05, 4.69) is 0 Å². The number of hydrogen-bond donors (Lipinski definition) is 1. The third-order valence-electron chi connectivity index (χ3n) is 1.49. The standard InChI is InChI=1S/C9H9ClOS/c10-9(11)8(12)6-7-4-2-1-3-5-7/h1-5,9,11H,6H2. The van der Waals surface area contributed by atoms with Crippen molar-refractivity contribution in [3.8, 4) is 0 Å². The molecule has 1 atom stereocenters. The summed E-state index contributed by atoms with van der Waals surface area (Å²) in [7, 11) is 0. The van der Waals surface area contributed by atoms with Gasteiger partial charge in [0.05, 0.1) is 0 Å². The monoisotopic (exact) mass is 200 g/mol. The second kappa shape index (κ2) is 4.55. The van der Waals surface area contributed by atoms with E-state index in [1.165, 1.54) is 0 Å². The molecule has 1 N–H and O–H groups in total. The second-order valence-corrected chi connectivity index (χ2v) is 3.40. The van der Waals surface area contributed by atoms with Crippen LogP contribution in [-0.4, -0.2) is 15.5 Å². The minimum Gasteiger partial charge on any atom is -0.373 e. The highest BCUT2D eigenvalue weighted by molar-refractivity contribution is 7.80. The Kier molecular flexibility index (Phi) is 3.66. The van der Waals surface area contributed by atoms with Crippen LogP contribution in [0.4, 0.5) is 0 Å². The van der Waals surface area contributed by atoms with Gasteiger partial charge in [-0.3, -0.25) is 0 Å². The number of benzene rings is 1. The molecule has 0 aliphatic rings. The first kappa shape index (κ1) is 9.65.